The van der Waals surface area contributed by atoms with Gasteiger partial charge in [0.1, 0.15) is 11.5 Å². The fraction of sp³-hybridized carbons (Fsp3) is 0.312. The number of aryl methyl sites for hydroxylation is 1. The maximum absolute atomic E-state index is 13.5. The minimum absolute atomic E-state index is 0.168. The fourth-order valence-electron chi connectivity index (χ4n) is 6.54. The van der Waals surface area contributed by atoms with Gasteiger partial charge < -0.3 is 18.8 Å². The van der Waals surface area contributed by atoms with Gasteiger partial charge in [-0.2, -0.15) is 0 Å². The van der Waals surface area contributed by atoms with Gasteiger partial charge in [0.2, 0.25) is 0 Å². The van der Waals surface area contributed by atoms with Crippen molar-refractivity contribution in [1.82, 2.24) is 9.55 Å². The monoisotopic (exact) mass is 510 g/mol. The number of carbonyl (C=O) groups is 1. The van der Waals surface area contributed by atoms with Crippen LogP contribution in [0.4, 0.5) is 0 Å². The molecule has 1 aliphatic rings. The third-order valence-electron chi connectivity index (χ3n) is 8.22. The van der Waals surface area contributed by atoms with E-state index < -0.39 is 10.8 Å². The van der Waals surface area contributed by atoms with Crippen LogP contribution in [0.1, 0.15) is 35.7 Å². The molecule has 1 fully saturated rings. The molecule has 0 N–H and O–H groups in total. The molecular weight excluding hydrogens is 476 g/mol. The van der Waals surface area contributed by atoms with E-state index in [1.165, 1.54) is 0 Å². The van der Waals surface area contributed by atoms with Crippen molar-refractivity contribution in [2.24, 2.45) is 18.4 Å². The van der Waals surface area contributed by atoms with Crippen molar-refractivity contribution in [3.8, 4) is 11.5 Å². The van der Waals surface area contributed by atoms with E-state index in [9.17, 15) is 4.79 Å². The van der Waals surface area contributed by atoms with Gasteiger partial charge in [0, 0.05) is 42.4 Å². The molecule has 0 bridgehead atoms. The molecule has 6 nitrogen and oxygen atoms in total. The lowest BCUT2D eigenvalue weighted by Gasteiger charge is -2.51. The van der Waals surface area contributed by atoms with Crippen molar-refractivity contribution in [1.29, 1.82) is 0 Å². The molecule has 1 saturated heterocycles. The summed E-state index contributed by atoms with van der Waals surface area (Å²) in [5.74, 6) is 0.853. The minimum atomic E-state index is -0.815. The van der Waals surface area contributed by atoms with Crippen LogP contribution in [-0.2, 0) is 28.4 Å². The lowest BCUT2D eigenvalue weighted by atomic mass is 9.48. The Balaban J connectivity index is 1.97. The predicted molar refractivity (Wildman–Crippen MR) is 146 cm³/mol. The third-order valence-corrected chi connectivity index (χ3v) is 8.22. The summed E-state index contributed by atoms with van der Waals surface area (Å²) in [5.41, 5.74) is 2.60. The Hall–Kier alpha value is -4.06. The summed E-state index contributed by atoms with van der Waals surface area (Å²) in [6.07, 6.45) is 4.91. The molecule has 196 valence electrons. The number of cyclic esters (lactones) is 1. The van der Waals surface area contributed by atoms with Gasteiger partial charge >= 0.3 is 5.97 Å². The van der Waals surface area contributed by atoms with Crippen LogP contribution in [0, 0.1) is 11.3 Å². The summed E-state index contributed by atoms with van der Waals surface area (Å²) in [6.45, 7) is 2.33. The van der Waals surface area contributed by atoms with E-state index in [0.29, 0.717) is 24.3 Å². The van der Waals surface area contributed by atoms with Crippen molar-refractivity contribution >= 4 is 5.97 Å². The first-order valence-electron chi connectivity index (χ1n) is 13.0. The van der Waals surface area contributed by atoms with Crippen LogP contribution >= 0.6 is 0 Å². The van der Waals surface area contributed by atoms with E-state index in [4.69, 9.17) is 14.2 Å². The first-order valence-corrected chi connectivity index (χ1v) is 13.0. The molecule has 0 unspecified atom stereocenters. The Bertz CT molecular complexity index is 1360. The van der Waals surface area contributed by atoms with E-state index >= 15 is 0 Å². The van der Waals surface area contributed by atoms with Crippen LogP contribution in [0.15, 0.2) is 91.4 Å². The third kappa shape index (κ3) is 3.87. The second-order valence-electron chi connectivity index (χ2n) is 9.95. The lowest BCUT2D eigenvalue weighted by Crippen LogP contribution is -2.54. The van der Waals surface area contributed by atoms with E-state index in [1.807, 2.05) is 48.4 Å². The van der Waals surface area contributed by atoms with Crippen LogP contribution in [0.3, 0.4) is 0 Å². The SMILES string of the molecule is CC[C@@H]1C(=O)OC[C@@]1(Cc1cncn1C)C(c1ccccc1)(c1ccccc1)c1ccc(OC)cc1OC. The summed E-state index contributed by atoms with van der Waals surface area (Å²) in [4.78, 5) is 18.0. The standard InChI is InChI=1S/C32H34N2O4/c1-5-27-30(35)38-21-31(27,19-25-20-33-22-34(25)2)32(23-12-8-6-9-13-23,24-14-10-7-11-15-24)28-17-16-26(36-3)18-29(28)37-4/h6-18,20,22,27H,5,19,21H2,1-4H3/t27-,31-/m1/s1. The largest absolute Gasteiger partial charge is 0.497 e. The zero-order chi connectivity index (χ0) is 26.8. The number of benzene rings is 3. The van der Waals surface area contributed by atoms with Gasteiger partial charge in [0.05, 0.1) is 38.5 Å². The molecule has 2 heterocycles. The quantitative estimate of drug-likeness (QED) is 0.217. The highest BCUT2D eigenvalue weighted by Gasteiger charge is 2.64. The number of nitrogens with zero attached hydrogens (tertiary/aromatic N) is 2. The highest BCUT2D eigenvalue weighted by Crippen LogP contribution is 2.62. The molecule has 0 amide bonds. The van der Waals surface area contributed by atoms with E-state index in [2.05, 4.69) is 66.5 Å². The summed E-state index contributed by atoms with van der Waals surface area (Å²) >= 11 is 0. The van der Waals surface area contributed by atoms with Gasteiger partial charge in [-0.15, -0.1) is 0 Å². The van der Waals surface area contributed by atoms with Gasteiger partial charge in [0.15, 0.2) is 0 Å². The molecule has 5 rings (SSSR count). The maximum atomic E-state index is 13.5. The van der Waals surface area contributed by atoms with Crippen molar-refractivity contribution in [2.75, 3.05) is 20.8 Å². The van der Waals surface area contributed by atoms with Crippen molar-refractivity contribution in [3.63, 3.8) is 0 Å². The number of ether oxygens (including phenoxy) is 3. The van der Waals surface area contributed by atoms with Gasteiger partial charge in [-0.05, 0) is 23.6 Å². The highest BCUT2D eigenvalue weighted by molar-refractivity contribution is 5.78. The smallest absolute Gasteiger partial charge is 0.309 e. The normalized spacial score (nSPS) is 19.3. The summed E-state index contributed by atoms with van der Waals surface area (Å²) in [5, 5.41) is 0. The van der Waals surface area contributed by atoms with Crippen molar-refractivity contribution in [2.45, 2.75) is 25.2 Å². The van der Waals surface area contributed by atoms with Crippen molar-refractivity contribution in [3.05, 3.63) is 114 Å². The zero-order valence-corrected chi connectivity index (χ0v) is 22.4. The topological polar surface area (TPSA) is 62.6 Å². The molecule has 0 aliphatic carbocycles. The number of hydrogen-bond acceptors (Lipinski definition) is 5. The van der Waals surface area contributed by atoms with E-state index in [1.54, 1.807) is 14.2 Å². The molecule has 0 radical (unpaired) electrons. The van der Waals surface area contributed by atoms with Gasteiger partial charge in [-0.1, -0.05) is 73.7 Å². The van der Waals surface area contributed by atoms with E-state index in [0.717, 1.165) is 22.4 Å². The zero-order valence-electron chi connectivity index (χ0n) is 22.4. The second-order valence-corrected chi connectivity index (χ2v) is 9.95. The summed E-state index contributed by atoms with van der Waals surface area (Å²) < 4.78 is 19.7. The van der Waals surface area contributed by atoms with Crippen LogP contribution < -0.4 is 9.47 Å². The number of methoxy groups -OCH3 is 2. The summed E-state index contributed by atoms with van der Waals surface area (Å²) in [6, 6.07) is 26.8. The van der Waals surface area contributed by atoms with E-state index in [-0.39, 0.29) is 18.5 Å². The lowest BCUT2D eigenvalue weighted by molar-refractivity contribution is -0.141. The molecule has 4 aromatic rings. The Morgan fingerprint density at radius 3 is 2.18 bits per heavy atom. The molecule has 0 saturated carbocycles. The molecule has 1 aromatic heterocycles. The Morgan fingerprint density at radius 2 is 1.66 bits per heavy atom. The summed E-state index contributed by atoms with van der Waals surface area (Å²) in [7, 11) is 5.33. The maximum Gasteiger partial charge on any atom is 0.309 e. The van der Waals surface area contributed by atoms with Crippen molar-refractivity contribution < 1.29 is 19.0 Å². The number of esters is 1. The highest BCUT2D eigenvalue weighted by atomic mass is 16.5. The first kappa shape index (κ1) is 25.6. The second kappa shape index (κ2) is 10.4. The van der Waals surface area contributed by atoms with Crippen LogP contribution in [0.5, 0.6) is 11.5 Å². The van der Waals surface area contributed by atoms with Gasteiger partial charge in [-0.25, -0.2) is 4.98 Å². The predicted octanol–water partition coefficient (Wildman–Crippen LogP) is 5.58. The molecule has 3 aromatic carbocycles. The van der Waals surface area contributed by atoms with Gasteiger partial charge in [-0.3, -0.25) is 4.79 Å². The average Bonchev–Trinajstić information content (AvgIpc) is 3.52. The number of carbonyl (C=O) groups excluding carboxylic acids is 1. The van der Waals surface area contributed by atoms with Gasteiger partial charge in [0.25, 0.3) is 0 Å². The Labute approximate surface area is 224 Å². The number of imidazole rings is 1. The molecule has 0 spiro atoms. The van der Waals surface area contributed by atoms with Crippen LogP contribution in [-0.4, -0.2) is 36.3 Å². The molecule has 6 heteroatoms. The minimum Gasteiger partial charge on any atom is -0.497 e. The molecule has 38 heavy (non-hydrogen) atoms. The fourth-order valence-corrected chi connectivity index (χ4v) is 6.54. The van der Waals surface area contributed by atoms with Crippen LogP contribution in [0.2, 0.25) is 0 Å². The molecule has 1 aliphatic heterocycles. The number of aromatic nitrogens is 2. The molecular formula is C32H34N2O4. The average molecular weight is 511 g/mol. The Kier molecular flexibility index (Phi) is 6.98. The number of rotatable bonds is 9. The Morgan fingerprint density at radius 1 is 1.00 bits per heavy atom. The molecule has 2 atom stereocenters. The first-order chi connectivity index (χ1) is 18.5. The van der Waals surface area contributed by atoms with Crippen LogP contribution in [0.25, 0.3) is 0 Å². The number of hydrogen-bond donors (Lipinski definition) is 0.